The van der Waals surface area contributed by atoms with Crippen molar-refractivity contribution in [2.75, 3.05) is 6.54 Å². The highest BCUT2D eigenvalue weighted by Crippen LogP contribution is 2.18. The summed E-state index contributed by atoms with van der Waals surface area (Å²) in [7, 11) is 2.01. The lowest BCUT2D eigenvalue weighted by molar-refractivity contribution is 0.493. The van der Waals surface area contributed by atoms with Crippen LogP contribution in [0.4, 0.5) is 0 Å². The van der Waals surface area contributed by atoms with Gasteiger partial charge in [0.25, 0.3) is 0 Å². The first-order chi connectivity index (χ1) is 9.20. The maximum Gasteiger partial charge on any atom is 0.0597 e. The van der Waals surface area contributed by atoms with E-state index in [0.717, 1.165) is 25.1 Å². The second kappa shape index (κ2) is 6.48. The predicted molar refractivity (Wildman–Crippen MR) is 76.9 cm³/mol. The smallest absolute Gasteiger partial charge is 0.0597 e. The summed E-state index contributed by atoms with van der Waals surface area (Å²) in [5.41, 5.74) is 3.54. The predicted octanol–water partition coefficient (Wildman–Crippen LogP) is 2.41. The van der Waals surface area contributed by atoms with E-state index in [9.17, 15) is 0 Å². The van der Waals surface area contributed by atoms with Crippen LogP contribution in [0, 0.1) is 6.92 Å². The first kappa shape index (κ1) is 13.7. The number of pyridine rings is 1. The summed E-state index contributed by atoms with van der Waals surface area (Å²) in [4.78, 5) is 4.19. The van der Waals surface area contributed by atoms with E-state index in [1.807, 2.05) is 37.1 Å². The Labute approximate surface area is 114 Å². The Morgan fingerprint density at radius 1 is 1.42 bits per heavy atom. The molecule has 1 N–H and O–H groups in total. The summed E-state index contributed by atoms with van der Waals surface area (Å²) in [6.07, 6.45) is 5.81. The molecule has 0 fully saturated rings. The van der Waals surface area contributed by atoms with Gasteiger partial charge in [-0.1, -0.05) is 13.0 Å². The van der Waals surface area contributed by atoms with Crippen molar-refractivity contribution < 1.29 is 0 Å². The molecular weight excluding hydrogens is 236 g/mol. The molecule has 1 atom stereocenters. The van der Waals surface area contributed by atoms with Crippen molar-refractivity contribution >= 4 is 0 Å². The molecule has 2 aromatic heterocycles. The van der Waals surface area contributed by atoms with Crippen molar-refractivity contribution in [3.63, 3.8) is 0 Å². The highest BCUT2D eigenvalue weighted by atomic mass is 15.3. The molecule has 102 valence electrons. The Kier molecular flexibility index (Phi) is 4.68. The standard InChI is InChI=1S/C15H22N4/c1-4-7-17-14(10-13-6-5-8-16-11-13)15-9-12(2)18-19(15)3/h5-6,8-9,11,14,17H,4,7,10H2,1-3H3. The van der Waals surface area contributed by atoms with Crippen molar-refractivity contribution in [2.24, 2.45) is 7.05 Å². The van der Waals surface area contributed by atoms with Gasteiger partial charge in [-0.2, -0.15) is 5.10 Å². The van der Waals surface area contributed by atoms with Crippen LogP contribution in [0.1, 0.15) is 36.3 Å². The average molecular weight is 258 g/mol. The SMILES string of the molecule is CCCNC(Cc1cccnc1)c1cc(C)nn1C. The molecule has 4 nitrogen and oxygen atoms in total. The number of aryl methyl sites for hydroxylation is 2. The van der Waals surface area contributed by atoms with E-state index in [-0.39, 0.29) is 6.04 Å². The zero-order valence-corrected chi connectivity index (χ0v) is 11.9. The average Bonchev–Trinajstić information content (AvgIpc) is 2.75. The fourth-order valence-electron chi connectivity index (χ4n) is 2.31. The van der Waals surface area contributed by atoms with E-state index in [1.54, 1.807) is 0 Å². The Hall–Kier alpha value is -1.68. The van der Waals surface area contributed by atoms with Gasteiger partial charge in [-0.15, -0.1) is 0 Å². The fourth-order valence-corrected chi connectivity index (χ4v) is 2.31. The van der Waals surface area contributed by atoms with Crippen LogP contribution >= 0.6 is 0 Å². The second-order valence-electron chi connectivity index (χ2n) is 4.91. The van der Waals surface area contributed by atoms with Crippen molar-refractivity contribution in [1.82, 2.24) is 20.1 Å². The van der Waals surface area contributed by atoms with Crippen LogP contribution in [0.2, 0.25) is 0 Å². The van der Waals surface area contributed by atoms with Crippen molar-refractivity contribution in [3.8, 4) is 0 Å². The molecule has 19 heavy (non-hydrogen) atoms. The highest BCUT2D eigenvalue weighted by Gasteiger charge is 2.16. The van der Waals surface area contributed by atoms with Gasteiger partial charge in [-0.25, -0.2) is 0 Å². The molecule has 0 bridgehead atoms. The van der Waals surface area contributed by atoms with E-state index in [2.05, 4.69) is 34.5 Å². The van der Waals surface area contributed by atoms with Crippen molar-refractivity contribution in [1.29, 1.82) is 0 Å². The largest absolute Gasteiger partial charge is 0.308 e. The van der Waals surface area contributed by atoms with Gasteiger partial charge in [0.2, 0.25) is 0 Å². The molecule has 0 saturated carbocycles. The maximum absolute atomic E-state index is 4.44. The van der Waals surface area contributed by atoms with Crippen LogP contribution in [0.3, 0.4) is 0 Å². The number of hydrogen-bond donors (Lipinski definition) is 1. The minimum absolute atomic E-state index is 0.287. The Balaban J connectivity index is 2.18. The molecule has 0 spiro atoms. The van der Waals surface area contributed by atoms with Gasteiger partial charge in [0.15, 0.2) is 0 Å². The van der Waals surface area contributed by atoms with E-state index >= 15 is 0 Å². The number of hydrogen-bond acceptors (Lipinski definition) is 3. The van der Waals surface area contributed by atoms with E-state index in [4.69, 9.17) is 0 Å². The first-order valence-corrected chi connectivity index (χ1v) is 6.83. The molecular formula is C15H22N4. The molecule has 2 aromatic rings. The zero-order chi connectivity index (χ0) is 13.7. The lowest BCUT2D eigenvalue weighted by Crippen LogP contribution is -2.26. The maximum atomic E-state index is 4.44. The number of nitrogens with one attached hydrogen (secondary N) is 1. The van der Waals surface area contributed by atoms with Crippen LogP contribution < -0.4 is 5.32 Å². The molecule has 4 heteroatoms. The monoisotopic (exact) mass is 258 g/mol. The summed E-state index contributed by atoms with van der Waals surface area (Å²) >= 11 is 0. The van der Waals surface area contributed by atoms with Crippen molar-refractivity contribution in [2.45, 2.75) is 32.7 Å². The van der Waals surface area contributed by atoms with E-state index < -0.39 is 0 Å². The van der Waals surface area contributed by atoms with Crippen molar-refractivity contribution in [3.05, 3.63) is 47.5 Å². The highest BCUT2D eigenvalue weighted by molar-refractivity contribution is 5.18. The molecule has 0 aliphatic heterocycles. The Morgan fingerprint density at radius 3 is 2.84 bits per heavy atom. The normalized spacial score (nSPS) is 12.6. The molecule has 0 aliphatic carbocycles. The summed E-state index contributed by atoms with van der Waals surface area (Å²) < 4.78 is 1.97. The van der Waals surface area contributed by atoms with Crippen LogP contribution in [-0.2, 0) is 13.5 Å². The zero-order valence-electron chi connectivity index (χ0n) is 11.9. The summed E-state index contributed by atoms with van der Waals surface area (Å²) in [5, 5.41) is 8.04. The first-order valence-electron chi connectivity index (χ1n) is 6.83. The van der Waals surface area contributed by atoms with Gasteiger partial charge < -0.3 is 5.32 Å². The molecule has 0 saturated heterocycles. The quantitative estimate of drug-likeness (QED) is 0.865. The lowest BCUT2D eigenvalue weighted by Gasteiger charge is -2.18. The van der Waals surface area contributed by atoms with Crippen LogP contribution in [0.15, 0.2) is 30.6 Å². The van der Waals surface area contributed by atoms with Gasteiger partial charge in [0, 0.05) is 19.4 Å². The van der Waals surface area contributed by atoms with Gasteiger partial charge >= 0.3 is 0 Å². The van der Waals surface area contributed by atoms with Crippen LogP contribution in [0.25, 0.3) is 0 Å². The lowest BCUT2D eigenvalue weighted by atomic mass is 10.0. The third-order valence-corrected chi connectivity index (χ3v) is 3.20. The fraction of sp³-hybridized carbons (Fsp3) is 0.467. The summed E-state index contributed by atoms with van der Waals surface area (Å²) in [6, 6.07) is 6.55. The third-order valence-electron chi connectivity index (χ3n) is 3.20. The van der Waals surface area contributed by atoms with Crippen LogP contribution in [0.5, 0.6) is 0 Å². The molecule has 1 unspecified atom stereocenters. The number of nitrogens with zero attached hydrogens (tertiary/aromatic N) is 3. The van der Waals surface area contributed by atoms with E-state index in [0.29, 0.717) is 0 Å². The third kappa shape index (κ3) is 3.64. The van der Waals surface area contributed by atoms with E-state index in [1.165, 1.54) is 11.3 Å². The minimum atomic E-state index is 0.287. The van der Waals surface area contributed by atoms with Crippen LogP contribution in [-0.4, -0.2) is 21.3 Å². The second-order valence-corrected chi connectivity index (χ2v) is 4.91. The molecule has 0 radical (unpaired) electrons. The van der Waals surface area contributed by atoms with Gasteiger partial charge in [0.1, 0.15) is 0 Å². The molecule has 2 heterocycles. The summed E-state index contributed by atoms with van der Waals surface area (Å²) in [5.74, 6) is 0. The molecule has 0 aliphatic rings. The molecule has 2 rings (SSSR count). The topological polar surface area (TPSA) is 42.7 Å². The van der Waals surface area contributed by atoms with Gasteiger partial charge in [-0.3, -0.25) is 9.67 Å². The Bertz CT molecular complexity index is 504. The summed E-state index contributed by atoms with van der Waals surface area (Å²) in [6.45, 7) is 5.22. The number of aromatic nitrogens is 3. The van der Waals surface area contributed by atoms with Gasteiger partial charge in [-0.05, 0) is 44.0 Å². The Morgan fingerprint density at radius 2 is 2.26 bits per heavy atom. The number of rotatable bonds is 6. The minimum Gasteiger partial charge on any atom is -0.308 e. The molecule has 0 amide bonds. The van der Waals surface area contributed by atoms with Gasteiger partial charge in [0.05, 0.1) is 17.4 Å². The molecule has 0 aromatic carbocycles.